The predicted molar refractivity (Wildman–Crippen MR) is 125 cm³/mol. The van der Waals surface area contributed by atoms with E-state index in [1.807, 2.05) is 23.2 Å². The number of aromatic nitrogens is 4. The Bertz CT molecular complexity index is 1110. The summed E-state index contributed by atoms with van der Waals surface area (Å²) in [6, 6.07) is 8.71. The van der Waals surface area contributed by atoms with Gasteiger partial charge in [-0.1, -0.05) is 43.0 Å². The minimum Gasteiger partial charge on any atom is -0.360 e. The van der Waals surface area contributed by atoms with Crippen molar-refractivity contribution in [1.82, 2.24) is 24.6 Å². The van der Waals surface area contributed by atoms with Gasteiger partial charge in [-0.2, -0.15) is 0 Å². The van der Waals surface area contributed by atoms with E-state index in [9.17, 15) is 4.79 Å². The molecule has 0 atom stereocenters. The van der Waals surface area contributed by atoms with Crippen LogP contribution in [0, 0.1) is 0 Å². The van der Waals surface area contributed by atoms with Crippen molar-refractivity contribution in [3.8, 4) is 11.4 Å². The Labute approximate surface area is 187 Å². The monoisotopic (exact) mass is 435 g/mol. The zero-order chi connectivity index (χ0) is 21.2. The van der Waals surface area contributed by atoms with E-state index in [-0.39, 0.29) is 5.91 Å². The number of amides is 1. The lowest BCUT2D eigenvalue weighted by molar-refractivity contribution is -0.126. The number of hydrogen-bond donors (Lipinski definition) is 1. The molecule has 0 aliphatic heterocycles. The van der Waals surface area contributed by atoms with Gasteiger partial charge in [-0.05, 0) is 51.0 Å². The molecule has 0 spiro atoms. The highest BCUT2D eigenvalue weighted by molar-refractivity contribution is 7.99. The van der Waals surface area contributed by atoms with Crippen molar-refractivity contribution in [3.05, 3.63) is 42.2 Å². The van der Waals surface area contributed by atoms with Crippen molar-refractivity contribution < 1.29 is 4.79 Å². The summed E-state index contributed by atoms with van der Waals surface area (Å²) >= 11 is 1.53. The number of allylic oxidation sites excluding steroid dienone is 2. The minimum atomic E-state index is 0.180. The molecule has 5 rings (SSSR count). The third-order valence-electron chi connectivity index (χ3n) is 6.09. The van der Waals surface area contributed by atoms with Crippen molar-refractivity contribution in [2.24, 2.45) is 0 Å². The number of rotatable bonds is 8. The number of para-hydroxylation sites is 1. The van der Waals surface area contributed by atoms with Gasteiger partial charge in [-0.15, -0.1) is 10.2 Å². The van der Waals surface area contributed by atoms with Crippen molar-refractivity contribution >= 4 is 28.6 Å². The van der Waals surface area contributed by atoms with Gasteiger partial charge < -0.3 is 9.88 Å². The van der Waals surface area contributed by atoms with Crippen LogP contribution in [0.15, 0.2) is 47.4 Å². The van der Waals surface area contributed by atoms with Crippen molar-refractivity contribution in [3.63, 3.8) is 0 Å². The molecule has 0 radical (unpaired) electrons. The summed E-state index contributed by atoms with van der Waals surface area (Å²) in [7, 11) is 0. The topological polar surface area (TPSA) is 66.8 Å². The number of nitrogens with one attached hydrogen (secondary N) is 1. The second-order valence-corrected chi connectivity index (χ2v) is 9.37. The molecule has 2 aliphatic rings. The number of carbonyl (C=O) groups is 1. The van der Waals surface area contributed by atoms with Gasteiger partial charge in [0.2, 0.25) is 5.91 Å². The molecule has 1 fully saturated rings. The van der Waals surface area contributed by atoms with Crippen LogP contribution in [-0.2, 0) is 4.79 Å². The number of nitrogens with zero attached hydrogens (tertiary/aromatic N) is 4. The molecule has 1 amide bonds. The zero-order valence-corrected chi connectivity index (χ0v) is 18.8. The molecule has 7 heteroatoms. The number of fused-ring (bicyclic) bond motifs is 1. The number of benzene rings is 1. The number of thioether (sulfide) groups is 1. The van der Waals surface area contributed by atoms with Gasteiger partial charge in [0.15, 0.2) is 11.0 Å². The average molecular weight is 436 g/mol. The van der Waals surface area contributed by atoms with Crippen LogP contribution < -0.4 is 0 Å². The lowest BCUT2D eigenvalue weighted by Gasteiger charge is -2.27. The molecule has 6 nitrogen and oxygen atoms in total. The van der Waals surface area contributed by atoms with Gasteiger partial charge in [0.25, 0.3) is 0 Å². The van der Waals surface area contributed by atoms with E-state index in [1.54, 1.807) is 0 Å². The van der Waals surface area contributed by atoms with E-state index in [0.717, 1.165) is 66.1 Å². The van der Waals surface area contributed by atoms with Crippen molar-refractivity contribution in [2.45, 2.75) is 63.1 Å². The highest BCUT2D eigenvalue weighted by Crippen LogP contribution is 2.42. The second-order valence-electron chi connectivity index (χ2n) is 8.43. The Morgan fingerprint density at radius 3 is 2.90 bits per heavy atom. The molecule has 1 N–H and O–H groups in total. The van der Waals surface area contributed by atoms with Crippen LogP contribution in [0.25, 0.3) is 22.3 Å². The Morgan fingerprint density at radius 1 is 1.26 bits per heavy atom. The Morgan fingerprint density at radius 2 is 2.13 bits per heavy atom. The van der Waals surface area contributed by atoms with Gasteiger partial charge in [-0.25, -0.2) is 0 Å². The molecule has 31 heavy (non-hydrogen) atoms. The SMILES string of the molecule is CCCN(C(=O)CSc1nnc(-c2c[nH]c3ccccc23)n1C1CC1)C1=CCCCC1. The molecule has 2 aromatic heterocycles. The van der Waals surface area contributed by atoms with E-state index in [0.29, 0.717) is 11.8 Å². The molecular formula is C24H29N5OS. The summed E-state index contributed by atoms with van der Waals surface area (Å²) in [5.41, 5.74) is 3.39. The first-order valence-electron chi connectivity index (χ1n) is 11.4. The predicted octanol–water partition coefficient (Wildman–Crippen LogP) is 5.55. The maximum absolute atomic E-state index is 13.1. The van der Waals surface area contributed by atoms with Crippen LogP contribution >= 0.6 is 11.8 Å². The number of aromatic amines is 1. The average Bonchev–Trinajstić information content (AvgIpc) is 3.42. The third-order valence-corrected chi connectivity index (χ3v) is 7.02. The van der Waals surface area contributed by atoms with Crippen molar-refractivity contribution in [1.29, 1.82) is 0 Å². The largest absolute Gasteiger partial charge is 0.360 e. The van der Waals surface area contributed by atoms with Crippen LogP contribution in [0.3, 0.4) is 0 Å². The standard InChI is InChI=1S/C24H29N5OS/c1-2-14-28(17-8-4-3-5-9-17)22(30)16-31-24-27-26-23(29(24)18-12-13-18)20-15-25-21-11-7-6-10-19(20)21/h6-8,10-11,15,18,25H,2-5,9,12-14,16H2,1H3. The summed E-state index contributed by atoms with van der Waals surface area (Å²) < 4.78 is 2.25. The van der Waals surface area contributed by atoms with E-state index >= 15 is 0 Å². The highest BCUT2D eigenvalue weighted by atomic mass is 32.2. The molecule has 0 unspecified atom stereocenters. The lowest BCUT2D eigenvalue weighted by atomic mass is 10.0. The number of hydrogen-bond acceptors (Lipinski definition) is 4. The molecule has 2 heterocycles. The van der Waals surface area contributed by atoms with E-state index in [1.165, 1.54) is 30.3 Å². The fourth-order valence-electron chi connectivity index (χ4n) is 4.40. The summed E-state index contributed by atoms with van der Waals surface area (Å²) in [6.07, 6.45) is 12.0. The first-order valence-corrected chi connectivity index (χ1v) is 12.4. The maximum Gasteiger partial charge on any atom is 0.237 e. The summed E-state index contributed by atoms with van der Waals surface area (Å²) in [5.74, 6) is 1.48. The van der Waals surface area contributed by atoms with E-state index < -0.39 is 0 Å². The van der Waals surface area contributed by atoms with Crippen LogP contribution in [0.2, 0.25) is 0 Å². The molecule has 2 aliphatic carbocycles. The molecule has 1 saturated carbocycles. The number of carbonyl (C=O) groups excluding carboxylic acids is 1. The van der Waals surface area contributed by atoms with Gasteiger partial charge in [0.05, 0.1) is 5.75 Å². The Kier molecular flexibility index (Phi) is 5.85. The molecule has 3 aromatic rings. The van der Waals surface area contributed by atoms with E-state index in [2.05, 4.69) is 44.9 Å². The van der Waals surface area contributed by atoms with Crippen LogP contribution in [0.1, 0.15) is 57.9 Å². The maximum atomic E-state index is 13.1. The highest BCUT2D eigenvalue weighted by Gasteiger charge is 2.31. The summed E-state index contributed by atoms with van der Waals surface area (Å²) in [6.45, 7) is 2.93. The Hall–Kier alpha value is -2.54. The second kappa shape index (κ2) is 8.91. The minimum absolute atomic E-state index is 0.180. The fraction of sp³-hybridized carbons (Fsp3) is 0.458. The van der Waals surface area contributed by atoms with Gasteiger partial charge in [0.1, 0.15) is 0 Å². The first-order chi connectivity index (χ1) is 15.3. The van der Waals surface area contributed by atoms with Crippen LogP contribution in [0.5, 0.6) is 0 Å². The van der Waals surface area contributed by atoms with Crippen LogP contribution in [0.4, 0.5) is 0 Å². The third kappa shape index (κ3) is 4.15. The quantitative estimate of drug-likeness (QED) is 0.471. The molecular weight excluding hydrogens is 406 g/mol. The fourth-order valence-corrected chi connectivity index (χ4v) is 5.28. The van der Waals surface area contributed by atoms with Gasteiger partial charge >= 0.3 is 0 Å². The number of H-pyrrole nitrogens is 1. The van der Waals surface area contributed by atoms with Crippen LogP contribution in [-0.4, -0.2) is 42.9 Å². The molecule has 0 saturated heterocycles. The van der Waals surface area contributed by atoms with Gasteiger partial charge in [0, 0.05) is 40.9 Å². The molecule has 162 valence electrons. The lowest BCUT2D eigenvalue weighted by Crippen LogP contribution is -2.33. The molecule has 1 aromatic carbocycles. The van der Waals surface area contributed by atoms with Gasteiger partial charge in [-0.3, -0.25) is 9.36 Å². The smallest absolute Gasteiger partial charge is 0.237 e. The Balaban J connectivity index is 1.37. The van der Waals surface area contributed by atoms with Crippen molar-refractivity contribution in [2.75, 3.05) is 12.3 Å². The van der Waals surface area contributed by atoms with E-state index in [4.69, 9.17) is 0 Å². The zero-order valence-electron chi connectivity index (χ0n) is 18.0. The first kappa shape index (κ1) is 20.4. The summed E-state index contributed by atoms with van der Waals surface area (Å²) in [5, 5.41) is 11.1. The molecule has 0 bridgehead atoms. The summed E-state index contributed by atoms with van der Waals surface area (Å²) in [4.78, 5) is 18.5. The normalized spacial score (nSPS) is 16.5.